The molecular weight excluding hydrogens is 233 g/mol. The Morgan fingerprint density at radius 1 is 1.24 bits per heavy atom. The standard InChI is InChI=1S/C12H11F3O2/c1-12(2)7(8(12)11(16)17)5-3-4-6(13)10(15)9(5)14/h3-4,7-8H,1-2H3,(H,16,17)/t7-,8+/m1/s1. The summed E-state index contributed by atoms with van der Waals surface area (Å²) < 4.78 is 39.3. The maximum absolute atomic E-state index is 13.5. The van der Waals surface area contributed by atoms with Gasteiger partial charge in [-0.2, -0.15) is 0 Å². The summed E-state index contributed by atoms with van der Waals surface area (Å²) in [6.07, 6.45) is 0. The van der Waals surface area contributed by atoms with Crippen LogP contribution in [0.25, 0.3) is 0 Å². The number of aliphatic carboxylic acids is 1. The highest BCUT2D eigenvalue weighted by Crippen LogP contribution is 2.64. The van der Waals surface area contributed by atoms with E-state index in [0.717, 1.165) is 12.1 Å². The van der Waals surface area contributed by atoms with Gasteiger partial charge in [0.25, 0.3) is 0 Å². The number of benzene rings is 1. The van der Waals surface area contributed by atoms with Gasteiger partial charge in [-0.1, -0.05) is 19.9 Å². The van der Waals surface area contributed by atoms with E-state index in [0.29, 0.717) is 0 Å². The molecule has 0 amide bonds. The third kappa shape index (κ3) is 1.61. The summed E-state index contributed by atoms with van der Waals surface area (Å²) in [5, 5.41) is 8.95. The molecule has 17 heavy (non-hydrogen) atoms. The van der Waals surface area contributed by atoms with Gasteiger partial charge >= 0.3 is 5.97 Å². The Bertz CT molecular complexity index is 497. The lowest BCUT2D eigenvalue weighted by atomic mass is 10.0. The van der Waals surface area contributed by atoms with Gasteiger partial charge in [0.2, 0.25) is 0 Å². The van der Waals surface area contributed by atoms with Gasteiger partial charge in [0.1, 0.15) is 0 Å². The van der Waals surface area contributed by atoms with Crippen LogP contribution in [-0.2, 0) is 4.79 Å². The zero-order valence-corrected chi connectivity index (χ0v) is 9.30. The molecule has 1 aliphatic carbocycles. The molecule has 1 aromatic carbocycles. The highest BCUT2D eigenvalue weighted by atomic mass is 19.2. The van der Waals surface area contributed by atoms with Crippen molar-refractivity contribution in [3.05, 3.63) is 35.1 Å². The Labute approximate surface area is 96.1 Å². The minimum atomic E-state index is -1.55. The highest BCUT2D eigenvalue weighted by molar-refractivity contribution is 5.77. The molecule has 2 rings (SSSR count). The molecule has 0 aliphatic heterocycles. The molecule has 1 saturated carbocycles. The molecule has 0 saturated heterocycles. The molecule has 0 bridgehead atoms. The number of carboxylic acids is 1. The van der Waals surface area contributed by atoms with Gasteiger partial charge in [-0.3, -0.25) is 4.79 Å². The van der Waals surface area contributed by atoms with E-state index in [1.54, 1.807) is 13.8 Å². The lowest BCUT2D eigenvalue weighted by Crippen LogP contribution is -2.03. The van der Waals surface area contributed by atoms with Crippen LogP contribution in [0.4, 0.5) is 13.2 Å². The average molecular weight is 244 g/mol. The van der Waals surface area contributed by atoms with E-state index in [-0.39, 0.29) is 5.56 Å². The van der Waals surface area contributed by atoms with Gasteiger partial charge in [0.05, 0.1) is 5.92 Å². The van der Waals surface area contributed by atoms with Crippen LogP contribution < -0.4 is 0 Å². The van der Waals surface area contributed by atoms with Crippen molar-refractivity contribution in [2.75, 3.05) is 0 Å². The van der Waals surface area contributed by atoms with Crippen molar-refractivity contribution in [2.24, 2.45) is 11.3 Å². The van der Waals surface area contributed by atoms with Crippen molar-refractivity contribution in [1.29, 1.82) is 0 Å². The molecule has 92 valence electrons. The Balaban J connectivity index is 2.44. The number of hydrogen-bond donors (Lipinski definition) is 1. The molecule has 1 N–H and O–H groups in total. The van der Waals surface area contributed by atoms with E-state index in [1.807, 2.05) is 0 Å². The van der Waals surface area contributed by atoms with Crippen LogP contribution in [0.5, 0.6) is 0 Å². The van der Waals surface area contributed by atoms with Crippen molar-refractivity contribution in [2.45, 2.75) is 19.8 Å². The Kier molecular flexibility index (Phi) is 2.45. The molecule has 1 aromatic rings. The molecular formula is C12H11F3O2. The second-order valence-electron chi connectivity index (χ2n) is 4.88. The minimum absolute atomic E-state index is 0.0682. The summed E-state index contributed by atoms with van der Waals surface area (Å²) in [5.41, 5.74) is -0.710. The third-order valence-corrected chi connectivity index (χ3v) is 3.49. The maximum Gasteiger partial charge on any atom is 0.307 e. The first-order valence-electron chi connectivity index (χ1n) is 5.14. The smallest absolute Gasteiger partial charge is 0.307 e. The summed E-state index contributed by atoms with van der Waals surface area (Å²) in [6, 6.07) is 1.93. The number of carboxylic acid groups (broad SMARTS) is 1. The fourth-order valence-corrected chi connectivity index (χ4v) is 2.46. The lowest BCUT2D eigenvalue weighted by Gasteiger charge is -2.05. The molecule has 0 heterocycles. The van der Waals surface area contributed by atoms with E-state index in [9.17, 15) is 18.0 Å². The summed E-state index contributed by atoms with van der Waals surface area (Å²) in [4.78, 5) is 10.9. The second-order valence-corrected chi connectivity index (χ2v) is 4.88. The zero-order chi connectivity index (χ0) is 13.0. The number of rotatable bonds is 2. The lowest BCUT2D eigenvalue weighted by molar-refractivity contribution is -0.139. The first-order valence-corrected chi connectivity index (χ1v) is 5.14. The average Bonchev–Trinajstić information content (AvgIpc) is 2.78. The Morgan fingerprint density at radius 2 is 1.82 bits per heavy atom. The predicted molar refractivity (Wildman–Crippen MR) is 54.0 cm³/mol. The van der Waals surface area contributed by atoms with Crippen LogP contribution in [-0.4, -0.2) is 11.1 Å². The summed E-state index contributed by atoms with van der Waals surface area (Å²) >= 11 is 0. The fourth-order valence-electron chi connectivity index (χ4n) is 2.46. The summed E-state index contributed by atoms with van der Waals surface area (Å²) in [5.74, 6) is -6.53. The molecule has 5 heteroatoms. The van der Waals surface area contributed by atoms with Crippen LogP contribution in [0.1, 0.15) is 25.3 Å². The van der Waals surface area contributed by atoms with E-state index >= 15 is 0 Å². The van der Waals surface area contributed by atoms with E-state index in [1.165, 1.54) is 0 Å². The highest BCUT2D eigenvalue weighted by Gasteiger charge is 2.63. The van der Waals surface area contributed by atoms with Crippen LogP contribution in [0.2, 0.25) is 0 Å². The number of hydrogen-bond acceptors (Lipinski definition) is 1. The van der Waals surface area contributed by atoms with Crippen LogP contribution in [0.3, 0.4) is 0 Å². The third-order valence-electron chi connectivity index (χ3n) is 3.49. The molecule has 0 unspecified atom stereocenters. The number of halogens is 3. The van der Waals surface area contributed by atoms with Crippen LogP contribution in [0.15, 0.2) is 12.1 Å². The SMILES string of the molecule is CC1(C)[C@H](C(=O)O)[C@H]1c1ccc(F)c(F)c1F. The van der Waals surface area contributed by atoms with E-state index in [4.69, 9.17) is 5.11 Å². The first-order chi connectivity index (χ1) is 7.78. The van der Waals surface area contributed by atoms with Gasteiger partial charge in [0.15, 0.2) is 17.5 Å². The van der Waals surface area contributed by atoms with Crippen molar-refractivity contribution >= 4 is 5.97 Å². The second kappa shape index (κ2) is 3.48. The maximum atomic E-state index is 13.5. The monoisotopic (exact) mass is 244 g/mol. The van der Waals surface area contributed by atoms with E-state index in [2.05, 4.69) is 0 Å². The van der Waals surface area contributed by atoms with Crippen molar-refractivity contribution < 1.29 is 23.1 Å². The molecule has 2 atom stereocenters. The summed E-state index contributed by atoms with van der Waals surface area (Å²) in [7, 11) is 0. The van der Waals surface area contributed by atoms with Gasteiger partial charge in [-0.25, -0.2) is 13.2 Å². The van der Waals surface area contributed by atoms with Gasteiger partial charge in [0, 0.05) is 5.92 Å². The predicted octanol–water partition coefficient (Wildman–Crippen LogP) is 2.93. The van der Waals surface area contributed by atoms with Gasteiger partial charge in [-0.05, 0) is 17.0 Å². The van der Waals surface area contributed by atoms with Crippen LogP contribution >= 0.6 is 0 Å². The number of carbonyl (C=O) groups is 1. The van der Waals surface area contributed by atoms with Crippen LogP contribution in [0, 0.1) is 28.8 Å². The van der Waals surface area contributed by atoms with Crippen molar-refractivity contribution in [3.8, 4) is 0 Å². The molecule has 1 aliphatic rings. The molecule has 0 radical (unpaired) electrons. The first kappa shape index (κ1) is 12.0. The van der Waals surface area contributed by atoms with Crippen molar-refractivity contribution in [1.82, 2.24) is 0 Å². The largest absolute Gasteiger partial charge is 0.481 e. The Morgan fingerprint density at radius 3 is 2.29 bits per heavy atom. The molecule has 0 aromatic heterocycles. The molecule has 2 nitrogen and oxygen atoms in total. The topological polar surface area (TPSA) is 37.3 Å². The minimum Gasteiger partial charge on any atom is -0.481 e. The quantitative estimate of drug-likeness (QED) is 0.812. The van der Waals surface area contributed by atoms with Gasteiger partial charge < -0.3 is 5.11 Å². The zero-order valence-electron chi connectivity index (χ0n) is 9.30. The fraction of sp³-hybridized carbons (Fsp3) is 0.417. The van der Waals surface area contributed by atoms with Gasteiger partial charge in [-0.15, -0.1) is 0 Å². The molecule has 1 fully saturated rings. The molecule has 0 spiro atoms. The van der Waals surface area contributed by atoms with Crippen molar-refractivity contribution in [3.63, 3.8) is 0 Å². The summed E-state index contributed by atoms with van der Waals surface area (Å²) in [6.45, 7) is 3.33. The normalized spacial score (nSPS) is 25.7. The van der Waals surface area contributed by atoms with E-state index < -0.39 is 40.7 Å². The Hall–Kier alpha value is -1.52.